The van der Waals surface area contributed by atoms with Crippen molar-refractivity contribution >= 4 is 0 Å². The molecule has 1 N–H and O–H groups in total. The Morgan fingerprint density at radius 1 is 1.22 bits per heavy atom. The van der Waals surface area contributed by atoms with Crippen LogP contribution < -0.4 is 0 Å². The van der Waals surface area contributed by atoms with E-state index in [0.717, 1.165) is 12.1 Å². The van der Waals surface area contributed by atoms with Crippen molar-refractivity contribution in [3.63, 3.8) is 0 Å². The Morgan fingerprint density at radius 2 is 1.83 bits per heavy atom. The summed E-state index contributed by atoms with van der Waals surface area (Å²) in [5.41, 5.74) is 0.785. The number of hydrogen-bond acceptors (Lipinski definition) is 2. The molecule has 0 fully saturated rings. The second-order valence-electron chi connectivity index (χ2n) is 4.97. The smallest absolute Gasteiger partial charge is 0.123 e. The van der Waals surface area contributed by atoms with Crippen LogP contribution in [0.15, 0.2) is 24.3 Å². The van der Waals surface area contributed by atoms with Crippen molar-refractivity contribution in [3.8, 4) is 0 Å². The van der Waals surface area contributed by atoms with E-state index in [1.165, 1.54) is 25.0 Å². The third-order valence-corrected chi connectivity index (χ3v) is 3.47. The van der Waals surface area contributed by atoms with E-state index in [1.807, 2.05) is 0 Å². The second-order valence-corrected chi connectivity index (χ2v) is 4.97. The Kier molecular flexibility index (Phi) is 6.30. The molecule has 1 rings (SSSR count). The van der Waals surface area contributed by atoms with Crippen LogP contribution in [0, 0.1) is 5.82 Å². The number of aliphatic hydroxyl groups is 1. The van der Waals surface area contributed by atoms with Gasteiger partial charge in [0.15, 0.2) is 0 Å². The Morgan fingerprint density at radius 3 is 2.39 bits per heavy atom. The molecule has 0 amide bonds. The topological polar surface area (TPSA) is 23.5 Å². The van der Waals surface area contributed by atoms with E-state index >= 15 is 0 Å². The molecule has 0 aliphatic heterocycles. The van der Waals surface area contributed by atoms with Crippen molar-refractivity contribution in [2.24, 2.45) is 0 Å². The lowest BCUT2D eigenvalue weighted by Crippen LogP contribution is -2.30. The van der Waals surface area contributed by atoms with Gasteiger partial charge in [-0.05, 0) is 44.5 Å². The third kappa shape index (κ3) is 4.75. The molecule has 0 bridgehead atoms. The average molecular weight is 253 g/mol. The second kappa shape index (κ2) is 7.49. The standard InChI is InChI=1S/C15H24FNO/c1-4-5-12(2)17(3)11-10-15(18)13-6-8-14(16)9-7-13/h6-9,12,15,18H,4-5,10-11H2,1-3H3. The van der Waals surface area contributed by atoms with Crippen LogP contribution >= 0.6 is 0 Å². The zero-order valence-electron chi connectivity index (χ0n) is 11.6. The number of rotatable bonds is 7. The van der Waals surface area contributed by atoms with Crippen LogP contribution in [0.25, 0.3) is 0 Å². The summed E-state index contributed by atoms with van der Waals surface area (Å²) < 4.78 is 12.8. The predicted octanol–water partition coefficient (Wildman–Crippen LogP) is 3.37. The highest BCUT2D eigenvalue weighted by Crippen LogP contribution is 2.18. The molecule has 0 aliphatic rings. The Bertz CT molecular complexity index is 339. The highest BCUT2D eigenvalue weighted by Gasteiger charge is 2.12. The van der Waals surface area contributed by atoms with E-state index in [9.17, 15) is 9.50 Å². The molecule has 102 valence electrons. The lowest BCUT2D eigenvalue weighted by Gasteiger charge is -2.25. The minimum Gasteiger partial charge on any atom is -0.388 e. The molecule has 0 saturated heterocycles. The van der Waals surface area contributed by atoms with Gasteiger partial charge in [0.2, 0.25) is 0 Å². The van der Waals surface area contributed by atoms with Crippen LogP contribution in [-0.2, 0) is 0 Å². The van der Waals surface area contributed by atoms with Crippen LogP contribution in [0.3, 0.4) is 0 Å². The zero-order valence-corrected chi connectivity index (χ0v) is 11.6. The quantitative estimate of drug-likeness (QED) is 0.805. The van der Waals surface area contributed by atoms with Crippen molar-refractivity contribution in [2.75, 3.05) is 13.6 Å². The lowest BCUT2D eigenvalue weighted by atomic mass is 10.1. The van der Waals surface area contributed by atoms with E-state index in [-0.39, 0.29) is 5.82 Å². The maximum absolute atomic E-state index is 12.8. The molecule has 1 aromatic carbocycles. The lowest BCUT2D eigenvalue weighted by molar-refractivity contribution is 0.137. The largest absolute Gasteiger partial charge is 0.388 e. The monoisotopic (exact) mass is 253 g/mol. The maximum atomic E-state index is 12.8. The first-order valence-corrected chi connectivity index (χ1v) is 6.68. The zero-order chi connectivity index (χ0) is 13.5. The van der Waals surface area contributed by atoms with Gasteiger partial charge in [-0.3, -0.25) is 0 Å². The first kappa shape index (κ1) is 15.1. The average Bonchev–Trinajstić information content (AvgIpc) is 2.36. The molecule has 18 heavy (non-hydrogen) atoms. The summed E-state index contributed by atoms with van der Waals surface area (Å²) >= 11 is 0. The first-order valence-electron chi connectivity index (χ1n) is 6.68. The molecule has 3 heteroatoms. The Labute approximate surface area is 109 Å². The molecule has 1 aromatic rings. The fourth-order valence-electron chi connectivity index (χ4n) is 2.04. The van der Waals surface area contributed by atoms with Crippen LogP contribution in [-0.4, -0.2) is 29.6 Å². The van der Waals surface area contributed by atoms with Crippen molar-refractivity contribution in [3.05, 3.63) is 35.6 Å². The minimum absolute atomic E-state index is 0.264. The Hall–Kier alpha value is -0.930. The summed E-state index contributed by atoms with van der Waals surface area (Å²) in [5.74, 6) is -0.264. The van der Waals surface area contributed by atoms with Gasteiger partial charge >= 0.3 is 0 Å². The number of nitrogens with zero attached hydrogens (tertiary/aromatic N) is 1. The normalized spacial score (nSPS) is 14.8. The van der Waals surface area contributed by atoms with Crippen LogP contribution in [0.5, 0.6) is 0 Å². The van der Waals surface area contributed by atoms with Crippen LogP contribution in [0.2, 0.25) is 0 Å². The molecule has 0 heterocycles. The van der Waals surface area contributed by atoms with E-state index < -0.39 is 6.10 Å². The van der Waals surface area contributed by atoms with Gasteiger partial charge in [0, 0.05) is 12.6 Å². The molecule has 0 radical (unpaired) electrons. The van der Waals surface area contributed by atoms with Crippen molar-refractivity contribution < 1.29 is 9.50 Å². The summed E-state index contributed by atoms with van der Waals surface area (Å²) in [6, 6.07) is 6.62. The van der Waals surface area contributed by atoms with E-state index in [0.29, 0.717) is 12.5 Å². The summed E-state index contributed by atoms with van der Waals surface area (Å²) in [7, 11) is 2.08. The van der Waals surface area contributed by atoms with Crippen molar-refractivity contribution in [2.45, 2.75) is 45.3 Å². The van der Waals surface area contributed by atoms with Gasteiger partial charge in [-0.15, -0.1) is 0 Å². The highest BCUT2D eigenvalue weighted by molar-refractivity contribution is 5.18. The van der Waals surface area contributed by atoms with Gasteiger partial charge in [-0.25, -0.2) is 4.39 Å². The SMILES string of the molecule is CCCC(C)N(C)CCC(O)c1ccc(F)cc1. The molecule has 0 aliphatic carbocycles. The van der Waals surface area contributed by atoms with Gasteiger partial charge in [-0.1, -0.05) is 25.5 Å². The summed E-state index contributed by atoms with van der Waals surface area (Å²) in [6.07, 6.45) is 2.51. The third-order valence-electron chi connectivity index (χ3n) is 3.47. The molecule has 0 saturated carbocycles. The molecule has 0 aromatic heterocycles. The van der Waals surface area contributed by atoms with Crippen molar-refractivity contribution in [1.82, 2.24) is 4.90 Å². The summed E-state index contributed by atoms with van der Waals surface area (Å²) in [4.78, 5) is 2.26. The van der Waals surface area contributed by atoms with Crippen LogP contribution in [0.1, 0.15) is 44.8 Å². The number of hydrogen-bond donors (Lipinski definition) is 1. The molecule has 2 unspecified atom stereocenters. The van der Waals surface area contributed by atoms with E-state index in [4.69, 9.17) is 0 Å². The number of aliphatic hydroxyl groups excluding tert-OH is 1. The van der Waals surface area contributed by atoms with E-state index in [2.05, 4.69) is 25.8 Å². The van der Waals surface area contributed by atoms with Crippen molar-refractivity contribution in [1.29, 1.82) is 0 Å². The van der Waals surface area contributed by atoms with Gasteiger partial charge in [-0.2, -0.15) is 0 Å². The van der Waals surface area contributed by atoms with Gasteiger partial charge in [0.25, 0.3) is 0 Å². The van der Waals surface area contributed by atoms with Gasteiger partial charge in [0.1, 0.15) is 5.82 Å². The molecule has 2 atom stereocenters. The van der Waals surface area contributed by atoms with E-state index in [1.54, 1.807) is 12.1 Å². The molecule has 0 spiro atoms. The predicted molar refractivity (Wildman–Crippen MR) is 73.0 cm³/mol. The maximum Gasteiger partial charge on any atom is 0.123 e. The first-order chi connectivity index (χ1) is 8.54. The summed E-state index contributed by atoms with van der Waals surface area (Å²) in [6.45, 7) is 5.23. The minimum atomic E-state index is -0.512. The van der Waals surface area contributed by atoms with Gasteiger partial charge in [0.05, 0.1) is 6.10 Å². The Balaban J connectivity index is 2.41. The fourth-order valence-corrected chi connectivity index (χ4v) is 2.04. The fraction of sp³-hybridized carbons (Fsp3) is 0.600. The highest BCUT2D eigenvalue weighted by atomic mass is 19.1. The molecule has 2 nitrogen and oxygen atoms in total. The molecular weight excluding hydrogens is 229 g/mol. The van der Waals surface area contributed by atoms with Gasteiger partial charge < -0.3 is 10.0 Å². The summed E-state index contributed by atoms with van der Waals surface area (Å²) in [5, 5.41) is 10.0. The number of benzene rings is 1. The molecular formula is C15H24FNO. The number of halogens is 1. The van der Waals surface area contributed by atoms with Crippen LogP contribution in [0.4, 0.5) is 4.39 Å².